The lowest BCUT2D eigenvalue weighted by atomic mass is 10.0. The lowest BCUT2D eigenvalue weighted by molar-refractivity contribution is -0.138. The average molecular weight is 242 g/mol. The summed E-state index contributed by atoms with van der Waals surface area (Å²) in [5, 5.41) is 11.3. The van der Waals surface area contributed by atoms with Gasteiger partial charge in [0.1, 0.15) is 5.69 Å². The highest BCUT2D eigenvalue weighted by Crippen LogP contribution is 2.14. The number of aryl methyl sites for hydroxylation is 1. The molecule has 0 radical (unpaired) electrons. The third-order valence-corrected chi connectivity index (χ3v) is 2.76. The second kappa shape index (κ2) is 4.61. The second-order valence-electron chi connectivity index (χ2n) is 4.17. The lowest BCUT2D eigenvalue weighted by Gasteiger charge is -2.23. The van der Waals surface area contributed by atoms with Crippen LogP contribution in [0.3, 0.4) is 0 Å². The number of carbonyl (C=O) groups is 2. The van der Waals surface area contributed by atoms with Gasteiger partial charge in [0.15, 0.2) is 0 Å². The number of hydrogen-bond donors (Lipinski definition) is 2. The Balaban J connectivity index is 2.71. The molecule has 0 atom stereocenters. The first-order chi connectivity index (χ1) is 7.32. The molecule has 6 heteroatoms. The fraction of sp³-hybridized carbons (Fsp3) is 0.500. The minimum atomic E-state index is -0.944. The normalized spacial score (nSPS) is 11.2. The van der Waals surface area contributed by atoms with E-state index in [4.69, 9.17) is 5.11 Å². The van der Waals surface area contributed by atoms with Crippen molar-refractivity contribution >= 4 is 23.2 Å². The topological polar surface area (TPSA) is 79.3 Å². The van der Waals surface area contributed by atoms with Crippen molar-refractivity contribution in [2.24, 2.45) is 0 Å². The SMILES string of the molecule is Cc1scnc1C(=O)NC(C)(C)CC(=O)O. The van der Waals surface area contributed by atoms with Gasteiger partial charge < -0.3 is 10.4 Å². The molecule has 0 spiro atoms. The van der Waals surface area contributed by atoms with E-state index in [0.717, 1.165) is 4.88 Å². The van der Waals surface area contributed by atoms with E-state index >= 15 is 0 Å². The minimum Gasteiger partial charge on any atom is -0.481 e. The van der Waals surface area contributed by atoms with E-state index in [0.29, 0.717) is 5.69 Å². The van der Waals surface area contributed by atoms with Gasteiger partial charge in [-0.3, -0.25) is 9.59 Å². The number of thiazole rings is 1. The molecular weight excluding hydrogens is 228 g/mol. The van der Waals surface area contributed by atoms with Gasteiger partial charge in [0.05, 0.1) is 11.9 Å². The Morgan fingerprint density at radius 2 is 2.19 bits per heavy atom. The van der Waals surface area contributed by atoms with Crippen LogP contribution in [0.5, 0.6) is 0 Å². The monoisotopic (exact) mass is 242 g/mol. The summed E-state index contributed by atoms with van der Waals surface area (Å²) in [5.74, 6) is -1.27. The minimum absolute atomic E-state index is 0.123. The molecule has 16 heavy (non-hydrogen) atoms. The maximum Gasteiger partial charge on any atom is 0.305 e. The summed E-state index contributed by atoms with van der Waals surface area (Å²) >= 11 is 1.38. The number of carboxylic acids is 1. The largest absolute Gasteiger partial charge is 0.481 e. The fourth-order valence-electron chi connectivity index (χ4n) is 1.31. The molecular formula is C10H14N2O3S. The zero-order valence-electron chi connectivity index (χ0n) is 9.40. The van der Waals surface area contributed by atoms with Crippen molar-refractivity contribution in [1.29, 1.82) is 0 Å². The molecule has 1 amide bonds. The number of aliphatic carboxylic acids is 1. The van der Waals surface area contributed by atoms with Gasteiger partial charge in [0.2, 0.25) is 0 Å². The van der Waals surface area contributed by atoms with Gasteiger partial charge >= 0.3 is 5.97 Å². The van der Waals surface area contributed by atoms with Gasteiger partial charge in [0, 0.05) is 10.4 Å². The van der Waals surface area contributed by atoms with Crippen LogP contribution in [0.2, 0.25) is 0 Å². The van der Waals surface area contributed by atoms with Gasteiger partial charge in [-0.1, -0.05) is 0 Å². The Kier molecular flexibility index (Phi) is 3.64. The van der Waals surface area contributed by atoms with Crippen LogP contribution in [0.15, 0.2) is 5.51 Å². The van der Waals surface area contributed by atoms with Gasteiger partial charge in [-0.05, 0) is 20.8 Å². The average Bonchev–Trinajstić information content (AvgIpc) is 2.47. The van der Waals surface area contributed by atoms with Crippen molar-refractivity contribution in [2.45, 2.75) is 32.7 Å². The van der Waals surface area contributed by atoms with Crippen molar-refractivity contribution in [3.05, 3.63) is 16.1 Å². The molecule has 0 aliphatic rings. The van der Waals surface area contributed by atoms with Crippen LogP contribution >= 0.6 is 11.3 Å². The van der Waals surface area contributed by atoms with Crippen LogP contribution < -0.4 is 5.32 Å². The number of carboxylic acid groups (broad SMARTS) is 1. The number of hydrogen-bond acceptors (Lipinski definition) is 4. The molecule has 5 nitrogen and oxygen atoms in total. The van der Waals surface area contributed by atoms with Crippen LogP contribution in [0.4, 0.5) is 0 Å². The molecule has 0 aliphatic carbocycles. The Hall–Kier alpha value is -1.43. The van der Waals surface area contributed by atoms with E-state index in [1.807, 2.05) is 0 Å². The fourth-order valence-corrected chi connectivity index (χ4v) is 1.89. The summed E-state index contributed by atoms with van der Waals surface area (Å²) < 4.78 is 0. The van der Waals surface area contributed by atoms with E-state index in [2.05, 4.69) is 10.3 Å². The Morgan fingerprint density at radius 3 is 2.62 bits per heavy atom. The van der Waals surface area contributed by atoms with E-state index in [9.17, 15) is 9.59 Å². The molecule has 0 saturated heterocycles. The third kappa shape index (κ3) is 3.30. The summed E-state index contributed by atoms with van der Waals surface area (Å²) in [6, 6.07) is 0. The molecule has 0 bridgehead atoms. The first-order valence-corrected chi connectivity index (χ1v) is 5.64. The summed E-state index contributed by atoms with van der Waals surface area (Å²) in [6.45, 7) is 5.14. The molecule has 0 aliphatic heterocycles. The Labute approximate surface area is 97.5 Å². The van der Waals surface area contributed by atoms with Crippen LogP contribution in [-0.2, 0) is 4.79 Å². The second-order valence-corrected chi connectivity index (χ2v) is 5.22. The van der Waals surface area contributed by atoms with Gasteiger partial charge in [0.25, 0.3) is 5.91 Å². The zero-order chi connectivity index (χ0) is 12.3. The van der Waals surface area contributed by atoms with Crippen LogP contribution in [0.25, 0.3) is 0 Å². The molecule has 2 N–H and O–H groups in total. The van der Waals surface area contributed by atoms with Crippen molar-refractivity contribution in [1.82, 2.24) is 10.3 Å². The molecule has 1 heterocycles. The highest BCUT2D eigenvalue weighted by molar-refractivity contribution is 7.09. The van der Waals surface area contributed by atoms with Crippen molar-refractivity contribution in [2.75, 3.05) is 0 Å². The highest BCUT2D eigenvalue weighted by Gasteiger charge is 2.25. The molecule has 1 aromatic rings. The quantitative estimate of drug-likeness (QED) is 0.837. The summed E-state index contributed by atoms with van der Waals surface area (Å²) in [7, 11) is 0. The standard InChI is InChI=1S/C10H14N2O3S/c1-6-8(11-5-16-6)9(15)12-10(2,3)4-7(13)14/h5H,4H2,1-3H3,(H,12,15)(H,13,14). The highest BCUT2D eigenvalue weighted by atomic mass is 32.1. The first-order valence-electron chi connectivity index (χ1n) is 4.76. The van der Waals surface area contributed by atoms with E-state index in [1.54, 1.807) is 26.3 Å². The number of amides is 1. The smallest absolute Gasteiger partial charge is 0.305 e. The van der Waals surface area contributed by atoms with Crippen LogP contribution in [-0.4, -0.2) is 27.5 Å². The summed E-state index contributed by atoms with van der Waals surface area (Å²) in [4.78, 5) is 27.1. The predicted molar refractivity (Wildman–Crippen MR) is 60.6 cm³/mol. The molecule has 1 aromatic heterocycles. The van der Waals surface area contributed by atoms with Gasteiger partial charge in [-0.15, -0.1) is 11.3 Å². The zero-order valence-corrected chi connectivity index (χ0v) is 10.2. The maximum absolute atomic E-state index is 11.8. The van der Waals surface area contributed by atoms with Crippen LogP contribution in [0.1, 0.15) is 35.6 Å². The molecule has 0 unspecified atom stereocenters. The molecule has 88 valence electrons. The first kappa shape index (κ1) is 12.6. The summed E-state index contributed by atoms with van der Waals surface area (Å²) in [6.07, 6.45) is -0.123. The molecule has 0 aromatic carbocycles. The molecule has 1 rings (SSSR count). The van der Waals surface area contributed by atoms with Crippen molar-refractivity contribution in [3.8, 4) is 0 Å². The van der Waals surface area contributed by atoms with Gasteiger partial charge in [-0.2, -0.15) is 0 Å². The van der Waals surface area contributed by atoms with Crippen molar-refractivity contribution < 1.29 is 14.7 Å². The number of aromatic nitrogens is 1. The van der Waals surface area contributed by atoms with Gasteiger partial charge in [-0.25, -0.2) is 4.98 Å². The van der Waals surface area contributed by atoms with E-state index in [-0.39, 0.29) is 12.3 Å². The van der Waals surface area contributed by atoms with Crippen LogP contribution in [0, 0.1) is 6.92 Å². The molecule has 0 fully saturated rings. The predicted octanol–water partition coefficient (Wildman–Crippen LogP) is 1.43. The number of carbonyl (C=O) groups excluding carboxylic acids is 1. The lowest BCUT2D eigenvalue weighted by Crippen LogP contribution is -2.45. The Morgan fingerprint density at radius 1 is 1.56 bits per heavy atom. The summed E-state index contributed by atoms with van der Waals surface area (Å²) in [5.41, 5.74) is 1.18. The maximum atomic E-state index is 11.8. The van der Waals surface area contributed by atoms with E-state index < -0.39 is 11.5 Å². The number of nitrogens with one attached hydrogen (secondary N) is 1. The van der Waals surface area contributed by atoms with Crippen molar-refractivity contribution in [3.63, 3.8) is 0 Å². The number of nitrogens with zero attached hydrogens (tertiary/aromatic N) is 1. The molecule has 0 saturated carbocycles. The van der Waals surface area contributed by atoms with E-state index in [1.165, 1.54) is 11.3 Å². The number of rotatable bonds is 4. The Bertz CT molecular complexity index is 412. The third-order valence-electron chi connectivity index (χ3n) is 2.00.